The molecule has 0 saturated carbocycles. The molecule has 0 amide bonds. The number of carbonyl (C=O) groups excluding carboxylic acids is 1. The largest absolute Gasteiger partial charge is 0.288 e. The van der Waals surface area contributed by atoms with Crippen molar-refractivity contribution in [3.8, 4) is 0 Å². The van der Waals surface area contributed by atoms with Crippen LogP contribution in [-0.2, 0) is 4.79 Å². The molecule has 0 aromatic carbocycles. The van der Waals surface area contributed by atoms with Gasteiger partial charge in [-0.05, 0) is 25.7 Å². The van der Waals surface area contributed by atoms with E-state index in [1.165, 1.54) is 11.8 Å². The van der Waals surface area contributed by atoms with E-state index in [9.17, 15) is 9.18 Å². The molecule has 0 spiro atoms. The first-order valence-corrected chi connectivity index (χ1v) is 5.42. The van der Waals surface area contributed by atoms with E-state index in [-0.39, 0.29) is 5.12 Å². The maximum atomic E-state index is 12.6. The van der Waals surface area contributed by atoms with Crippen LogP contribution in [-0.4, -0.2) is 17.0 Å². The summed E-state index contributed by atoms with van der Waals surface area (Å²) in [7, 11) is 0. The van der Waals surface area contributed by atoms with Gasteiger partial charge in [-0.15, -0.1) is 0 Å². The van der Waals surface area contributed by atoms with Crippen LogP contribution in [0, 0.1) is 0 Å². The van der Waals surface area contributed by atoms with Crippen molar-refractivity contribution in [3.05, 3.63) is 0 Å². The van der Waals surface area contributed by atoms with Crippen molar-refractivity contribution in [1.82, 2.24) is 0 Å². The molecule has 0 rings (SSSR count). The number of carbonyl (C=O) groups is 1. The Hall–Kier alpha value is -0.0500. The summed E-state index contributed by atoms with van der Waals surface area (Å²) in [6, 6.07) is 0. The van der Waals surface area contributed by atoms with E-state index < -0.39 is 6.17 Å². The van der Waals surface area contributed by atoms with Gasteiger partial charge >= 0.3 is 0 Å². The molecule has 1 unspecified atom stereocenters. The lowest BCUT2D eigenvalue weighted by molar-refractivity contribution is -0.109. The Morgan fingerprint density at radius 1 is 1.50 bits per heavy atom. The maximum absolute atomic E-state index is 12.6. The van der Waals surface area contributed by atoms with Gasteiger partial charge in [0.05, 0.1) is 6.17 Å². The van der Waals surface area contributed by atoms with Crippen LogP contribution in [0.2, 0.25) is 0 Å². The molecule has 0 heterocycles. The SMILES string of the molecule is CCC(F)CCCCSC(C)=O. The molecule has 0 fully saturated rings. The highest BCUT2D eigenvalue weighted by Crippen LogP contribution is 2.11. The molecular formula is C9H17FOS. The number of halogens is 1. The van der Waals surface area contributed by atoms with E-state index >= 15 is 0 Å². The smallest absolute Gasteiger partial charge is 0.185 e. The Morgan fingerprint density at radius 2 is 2.17 bits per heavy atom. The molecule has 1 atom stereocenters. The van der Waals surface area contributed by atoms with Gasteiger partial charge in [-0.1, -0.05) is 18.7 Å². The monoisotopic (exact) mass is 192 g/mol. The number of hydrogen-bond acceptors (Lipinski definition) is 2. The first kappa shape index (κ1) is 11.9. The summed E-state index contributed by atoms with van der Waals surface area (Å²) in [6.07, 6.45) is 2.46. The quantitative estimate of drug-likeness (QED) is 0.601. The van der Waals surface area contributed by atoms with E-state index in [0.717, 1.165) is 18.6 Å². The summed E-state index contributed by atoms with van der Waals surface area (Å²) in [5.41, 5.74) is 0. The zero-order valence-electron chi connectivity index (χ0n) is 7.81. The average Bonchev–Trinajstić information content (AvgIpc) is 2.03. The minimum absolute atomic E-state index is 0.155. The fraction of sp³-hybridized carbons (Fsp3) is 0.889. The predicted octanol–water partition coefficient (Wildman–Crippen LogP) is 3.18. The zero-order chi connectivity index (χ0) is 9.40. The van der Waals surface area contributed by atoms with Crippen molar-refractivity contribution in [1.29, 1.82) is 0 Å². The number of rotatable bonds is 6. The van der Waals surface area contributed by atoms with E-state index in [1.54, 1.807) is 6.92 Å². The van der Waals surface area contributed by atoms with E-state index in [4.69, 9.17) is 0 Å². The van der Waals surface area contributed by atoms with Crippen LogP contribution < -0.4 is 0 Å². The van der Waals surface area contributed by atoms with Crippen molar-refractivity contribution in [2.24, 2.45) is 0 Å². The molecule has 3 heteroatoms. The number of unbranched alkanes of at least 4 members (excludes halogenated alkanes) is 1. The fourth-order valence-corrected chi connectivity index (χ4v) is 1.52. The van der Waals surface area contributed by atoms with Gasteiger partial charge in [0, 0.05) is 12.7 Å². The Labute approximate surface area is 78.1 Å². The van der Waals surface area contributed by atoms with Gasteiger partial charge in [-0.25, -0.2) is 4.39 Å². The molecule has 0 aliphatic carbocycles. The van der Waals surface area contributed by atoms with E-state index in [2.05, 4.69) is 0 Å². The second kappa shape index (κ2) is 7.59. The molecule has 1 nitrogen and oxygen atoms in total. The summed E-state index contributed by atoms with van der Waals surface area (Å²) >= 11 is 1.33. The van der Waals surface area contributed by atoms with Gasteiger partial charge in [0.25, 0.3) is 0 Å². The summed E-state index contributed by atoms with van der Waals surface area (Å²) in [4.78, 5) is 10.5. The van der Waals surface area contributed by atoms with Crippen LogP contribution in [0.25, 0.3) is 0 Å². The third-order valence-corrected chi connectivity index (χ3v) is 2.56. The van der Waals surface area contributed by atoms with Crippen LogP contribution in [0.1, 0.15) is 39.5 Å². The third kappa shape index (κ3) is 8.05. The Bertz CT molecular complexity index is 128. The summed E-state index contributed by atoms with van der Waals surface area (Å²) in [6.45, 7) is 3.42. The Kier molecular flexibility index (Phi) is 7.56. The molecular weight excluding hydrogens is 175 g/mol. The fourth-order valence-electron chi connectivity index (χ4n) is 0.888. The molecule has 0 aromatic heterocycles. The van der Waals surface area contributed by atoms with Gasteiger partial charge < -0.3 is 0 Å². The third-order valence-electron chi connectivity index (χ3n) is 1.66. The van der Waals surface area contributed by atoms with Crippen LogP contribution >= 0.6 is 11.8 Å². The molecule has 0 aliphatic heterocycles. The highest BCUT2D eigenvalue weighted by molar-refractivity contribution is 8.13. The number of alkyl halides is 1. The Morgan fingerprint density at radius 3 is 2.67 bits per heavy atom. The number of hydrogen-bond donors (Lipinski definition) is 0. The molecule has 0 saturated heterocycles. The first-order valence-electron chi connectivity index (χ1n) is 4.44. The molecule has 0 N–H and O–H groups in total. The predicted molar refractivity (Wildman–Crippen MR) is 52.2 cm³/mol. The molecule has 12 heavy (non-hydrogen) atoms. The standard InChI is InChI=1S/C9H17FOS/c1-3-9(10)6-4-5-7-12-8(2)11/h9H,3-7H2,1-2H3. The topological polar surface area (TPSA) is 17.1 Å². The van der Waals surface area contributed by atoms with Crippen LogP contribution in [0.15, 0.2) is 0 Å². The average molecular weight is 192 g/mol. The van der Waals surface area contributed by atoms with Crippen LogP contribution in [0.5, 0.6) is 0 Å². The minimum atomic E-state index is -0.646. The van der Waals surface area contributed by atoms with Gasteiger partial charge in [0.2, 0.25) is 0 Å². The Balaban J connectivity index is 3.05. The van der Waals surface area contributed by atoms with Crippen molar-refractivity contribution < 1.29 is 9.18 Å². The maximum Gasteiger partial charge on any atom is 0.185 e. The lowest BCUT2D eigenvalue weighted by Gasteiger charge is -2.03. The molecule has 0 bridgehead atoms. The van der Waals surface area contributed by atoms with Gasteiger partial charge in [0.1, 0.15) is 0 Å². The summed E-state index contributed by atoms with van der Waals surface area (Å²) in [5.74, 6) is 0.839. The van der Waals surface area contributed by atoms with Crippen molar-refractivity contribution >= 4 is 16.9 Å². The highest BCUT2D eigenvalue weighted by Gasteiger charge is 2.02. The second-order valence-electron chi connectivity index (χ2n) is 2.84. The number of thioether (sulfide) groups is 1. The minimum Gasteiger partial charge on any atom is -0.288 e. The second-order valence-corrected chi connectivity index (χ2v) is 4.11. The molecule has 72 valence electrons. The highest BCUT2D eigenvalue weighted by atomic mass is 32.2. The lowest BCUT2D eigenvalue weighted by atomic mass is 10.1. The van der Waals surface area contributed by atoms with Crippen LogP contribution in [0.4, 0.5) is 4.39 Å². The molecule has 0 aromatic rings. The van der Waals surface area contributed by atoms with Gasteiger partial charge in [0.15, 0.2) is 5.12 Å². The summed E-state index contributed by atoms with van der Waals surface area (Å²) < 4.78 is 12.6. The van der Waals surface area contributed by atoms with Gasteiger partial charge in [-0.3, -0.25) is 4.79 Å². The molecule has 0 radical (unpaired) electrons. The van der Waals surface area contributed by atoms with Crippen molar-refractivity contribution in [3.63, 3.8) is 0 Å². The van der Waals surface area contributed by atoms with E-state index in [0.29, 0.717) is 12.8 Å². The van der Waals surface area contributed by atoms with Crippen LogP contribution in [0.3, 0.4) is 0 Å². The normalized spacial score (nSPS) is 12.9. The molecule has 0 aliphatic rings. The van der Waals surface area contributed by atoms with Crippen molar-refractivity contribution in [2.75, 3.05) is 5.75 Å². The first-order chi connectivity index (χ1) is 5.66. The summed E-state index contributed by atoms with van der Waals surface area (Å²) in [5, 5.41) is 0.155. The van der Waals surface area contributed by atoms with E-state index in [1.807, 2.05) is 6.92 Å². The zero-order valence-corrected chi connectivity index (χ0v) is 8.62. The van der Waals surface area contributed by atoms with Crippen molar-refractivity contribution in [2.45, 2.75) is 45.7 Å². The van der Waals surface area contributed by atoms with Gasteiger partial charge in [-0.2, -0.15) is 0 Å². The lowest BCUT2D eigenvalue weighted by Crippen LogP contribution is -1.97.